The van der Waals surface area contributed by atoms with Crippen molar-refractivity contribution in [2.45, 2.75) is 19.3 Å². The standard InChI is InChI=1S/C14H17NO2/c1-17-13-9-5-4-8-12(13)15-14(16)10-11-6-2-3-7-11/h2,4-6,8-9,11H,3,7,10H2,1H3,(H,15,16). The first-order chi connectivity index (χ1) is 8.29. The van der Waals surface area contributed by atoms with Gasteiger partial charge in [-0.15, -0.1) is 0 Å². The van der Waals surface area contributed by atoms with E-state index in [1.807, 2.05) is 24.3 Å². The van der Waals surface area contributed by atoms with Crippen LogP contribution in [0.15, 0.2) is 36.4 Å². The molecule has 0 radical (unpaired) electrons. The molecule has 0 fully saturated rings. The SMILES string of the molecule is COc1ccccc1NC(=O)CC1C=CCC1. The summed E-state index contributed by atoms with van der Waals surface area (Å²) in [6, 6.07) is 7.45. The fourth-order valence-electron chi connectivity index (χ4n) is 2.05. The molecule has 90 valence electrons. The van der Waals surface area contributed by atoms with E-state index in [-0.39, 0.29) is 5.91 Å². The molecule has 1 aromatic carbocycles. The second-order valence-electron chi connectivity index (χ2n) is 4.22. The van der Waals surface area contributed by atoms with E-state index in [2.05, 4.69) is 17.5 Å². The molecule has 1 aliphatic carbocycles. The molecule has 3 nitrogen and oxygen atoms in total. The summed E-state index contributed by atoms with van der Waals surface area (Å²) in [5.74, 6) is 1.14. The molecule has 0 aromatic heterocycles. The lowest BCUT2D eigenvalue weighted by atomic mass is 10.1. The van der Waals surface area contributed by atoms with Crippen molar-refractivity contribution in [3.8, 4) is 5.75 Å². The van der Waals surface area contributed by atoms with Gasteiger partial charge in [0, 0.05) is 6.42 Å². The second kappa shape index (κ2) is 5.53. The Bertz CT molecular complexity index is 426. The minimum atomic E-state index is 0.0473. The maximum Gasteiger partial charge on any atom is 0.225 e. The number of methoxy groups -OCH3 is 1. The van der Waals surface area contributed by atoms with Crippen LogP contribution in [-0.4, -0.2) is 13.0 Å². The Balaban J connectivity index is 1.95. The fourth-order valence-corrected chi connectivity index (χ4v) is 2.05. The molecule has 2 rings (SSSR count). The molecule has 0 saturated heterocycles. The minimum Gasteiger partial charge on any atom is -0.495 e. The second-order valence-corrected chi connectivity index (χ2v) is 4.22. The molecule has 1 aliphatic rings. The van der Waals surface area contributed by atoms with Gasteiger partial charge in [0.2, 0.25) is 5.91 Å². The summed E-state index contributed by atoms with van der Waals surface area (Å²) in [4.78, 5) is 11.8. The summed E-state index contributed by atoms with van der Waals surface area (Å²) in [5.41, 5.74) is 0.738. The van der Waals surface area contributed by atoms with Crippen LogP contribution >= 0.6 is 0 Å². The third-order valence-corrected chi connectivity index (χ3v) is 2.94. The molecule has 0 aliphatic heterocycles. The Morgan fingerprint density at radius 1 is 1.47 bits per heavy atom. The molecule has 1 atom stereocenters. The largest absolute Gasteiger partial charge is 0.495 e. The summed E-state index contributed by atoms with van der Waals surface area (Å²) in [6.07, 6.45) is 6.99. The monoisotopic (exact) mass is 231 g/mol. The number of nitrogens with one attached hydrogen (secondary N) is 1. The number of anilines is 1. The normalized spacial score (nSPS) is 18.1. The van der Waals surface area contributed by atoms with Gasteiger partial charge >= 0.3 is 0 Å². The highest BCUT2D eigenvalue weighted by molar-refractivity contribution is 5.92. The first-order valence-corrected chi connectivity index (χ1v) is 5.89. The molecule has 1 N–H and O–H groups in total. The Hall–Kier alpha value is -1.77. The Labute approximate surface area is 101 Å². The maximum atomic E-state index is 11.8. The highest BCUT2D eigenvalue weighted by Gasteiger charge is 2.14. The van der Waals surface area contributed by atoms with Gasteiger partial charge in [0.25, 0.3) is 0 Å². The Morgan fingerprint density at radius 3 is 3.00 bits per heavy atom. The number of benzene rings is 1. The van der Waals surface area contributed by atoms with Gasteiger partial charge in [-0.3, -0.25) is 4.79 Å². The van der Waals surface area contributed by atoms with Crippen molar-refractivity contribution in [2.24, 2.45) is 5.92 Å². The third kappa shape index (κ3) is 3.09. The van der Waals surface area contributed by atoms with Crippen molar-refractivity contribution in [1.29, 1.82) is 0 Å². The Kier molecular flexibility index (Phi) is 3.81. The zero-order valence-corrected chi connectivity index (χ0v) is 9.98. The van der Waals surface area contributed by atoms with Gasteiger partial charge in [-0.05, 0) is 30.9 Å². The number of carbonyl (C=O) groups excluding carboxylic acids is 1. The lowest BCUT2D eigenvalue weighted by Gasteiger charge is -2.11. The van der Waals surface area contributed by atoms with Crippen molar-refractivity contribution in [3.05, 3.63) is 36.4 Å². The predicted molar refractivity (Wildman–Crippen MR) is 68.1 cm³/mol. The highest BCUT2D eigenvalue weighted by atomic mass is 16.5. The number of amides is 1. The van der Waals surface area contributed by atoms with E-state index in [4.69, 9.17) is 4.74 Å². The average Bonchev–Trinajstić information content (AvgIpc) is 2.82. The summed E-state index contributed by atoms with van der Waals surface area (Å²) in [5, 5.41) is 2.89. The highest BCUT2D eigenvalue weighted by Crippen LogP contribution is 2.25. The van der Waals surface area contributed by atoms with Gasteiger partial charge in [0.15, 0.2) is 0 Å². The molecule has 1 aromatic rings. The number of hydrogen-bond donors (Lipinski definition) is 1. The van der Waals surface area contributed by atoms with Gasteiger partial charge < -0.3 is 10.1 Å². The first-order valence-electron chi connectivity index (χ1n) is 5.89. The summed E-state index contributed by atoms with van der Waals surface area (Å²) in [7, 11) is 1.60. The van der Waals surface area contributed by atoms with Crippen molar-refractivity contribution < 1.29 is 9.53 Å². The average molecular weight is 231 g/mol. The van der Waals surface area contributed by atoms with Crippen molar-refractivity contribution in [3.63, 3.8) is 0 Å². The molecular formula is C14H17NO2. The molecule has 1 unspecified atom stereocenters. The van der Waals surface area contributed by atoms with Crippen LogP contribution in [0.2, 0.25) is 0 Å². The van der Waals surface area contributed by atoms with Gasteiger partial charge in [0.1, 0.15) is 5.75 Å². The van der Waals surface area contributed by atoms with Gasteiger partial charge in [-0.25, -0.2) is 0 Å². The number of ether oxygens (including phenoxy) is 1. The Morgan fingerprint density at radius 2 is 2.29 bits per heavy atom. The quantitative estimate of drug-likeness (QED) is 0.809. The van der Waals surface area contributed by atoms with E-state index in [1.54, 1.807) is 7.11 Å². The molecule has 1 amide bonds. The maximum absolute atomic E-state index is 11.8. The summed E-state index contributed by atoms with van der Waals surface area (Å²) < 4.78 is 5.19. The molecule has 0 saturated carbocycles. The number of para-hydroxylation sites is 2. The van der Waals surface area contributed by atoms with Crippen LogP contribution in [0.1, 0.15) is 19.3 Å². The number of hydrogen-bond acceptors (Lipinski definition) is 2. The van der Waals surface area contributed by atoms with Gasteiger partial charge in [-0.2, -0.15) is 0 Å². The van der Waals surface area contributed by atoms with Crippen LogP contribution in [0, 0.1) is 5.92 Å². The molecule has 0 heterocycles. The summed E-state index contributed by atoms with van der Waals surface area (Å²) in [6.45, 7) is 0. The van der Waals surface area contributed by atoms with Crippen LogP contribution in [0.3, 0.4) is 0 Å². The smallest absolute Gasteiger partial charge is 0.225 e. The summed E-state index contributed by atoms with van der Waals surface area (Å²) >= 11 is 0. The lowest BCUT2D eigenvalue weighted by Crippen LogP contribution is -2.15. The van der Waals surface area contributed by atoms with E-state index in [9.17, 15) is 4.79 Å². The van der Waals surface area contributed by atoms with E-state index in [0.717, 1.165) is 18.5 Å². The molecule has 0 spiro atoms. The zero-order valence-electron chi connectivity index (χ0n) is 9.98. The van der Waals surface area contributed by atoms with E-state index in [0.29, 0.717) is 18.1 Å². The fraction of sp³-hybridized carbons (Fsp3) is 0.357. The van der Waals surface area contributed by atoms with E-state index < -0.39 is 0 Å². The van der Waals surface area contributed by atoms with Crippen LogP contribution in [0.25, 0.3) is 0 Å². The molecule has 0 bridgehead atoms. The molecular weight excluding hydrogens is 214 g/mol. The van der Waals surface area contributed by atoms with Gasteiger partial charge in [-0.1, -0.05) is 24.3 Å². The third-order valence-electron chi connectivity index (χ3n) is 2.94. The van der Waals surface area contributed by atoms with Gasteiger partial charge in [0.05, 0.1) is 12.8 Å². The predicted octanol–water partition coefficient (Wildman–Crippen LogP) is 2.99. The van der Waals surface area contributed by atoms with Crippen LogP contribution in [-0.2, 0) is 4.79 Å². The zero-order chi connectivity index (χ0) is 12.1. The number of rotatable bonds is 4. The number of allylic oxidation sites excluding steroid dienone is 2. The van der Waals surface area contributed by atoms with E-state index in [1.165, 1.54) is 0 Å². The molecule has 3 heteroatoms. The first kappa shape index (κ1) is 11.7. The van der Waals surface area contributed by atoms with Crippen LogP contribution < -0.4 is 10.1 Å². The molecule has 17 heavy (non-hydrogen) atoms. The van der Waals surface area contributed by atoms with E-state index >= 15 is 0 Å². The minimum absolute atomic E-state index is 0.0473. The van der Waals surface area contributed by atoms with Crippen LogP contribution in [0.5, 0.6) is 5.75 Å². The number of carbonyl (C=O) groups is 1. The van der Waals surface area contributed by atoms with Crippen molar-refractivity contribution in [1.82, 2.24) is 0 Å². The topological polar surface area (TPSA) is 38.3 Å². The van der Waals surface area contributed by atoms with Crippen molar-refractivity contribution >= 4 is 11.6 Å². The lowest BCUT2D eigenvalue weighted by molar-refractivity contribution is -0.116. The van der Waals surface area contributed by atoms with Crippen molar-refractivity contribution in [2.75, 3.05) is 12.4 Å². The van der Waals surface area contributed by atoms with Crippen LogP contribution in [0.4, 0.5) is 5.69 Å².